The first-order valence-electron chi connectivity index (χ1n) is 18.3. The van der Waals surface area contributed by atoms with Crippen molar-refractivity contribution in [3.8, 4) is 28.3 Å². The number of aromatic nitrogens is 3. The Kier molecular flexibility index (Phi) is 5.54. The lowest BCUT2D eigenvalue weighted by atomic mass is 9.82. The maximum absolute atomic E-state index is 6.60. The summed E-state index contributed by atoms with van der Waals surface area (Å²) in [4.78, 5) is 11.0. The summed E-state index contributed by atoms with van der Waals surface area (Å²) in [6.45, 7) is 4.69. The van der Waals surface area contributed by atoms with Gasteiger partial charge >= 0.3 is 0 Å². The lowest BCUT2D eigenvalue weighted by Gasteiger charge is -2.21. The third kappa shape index (κ3) is 3.79. The second-order valence-electron chi connectivity index (χ2n) is 14.9. The standard InChI is InChI=1S/C49H31N3O/c1-49(2)39-19-8-5-16-34(39)44-37-27-38-31-14-6-9-20-41(31)52(42(38)26-29(37)23-25-40(44)49)48-50-45-30-13-4-3-12-28(30)22-24-35(45)46(51-48)36-18-11-17-33-32-15-7-10-21-43(32)53-47(33)36/h3-27H,1-2H3. The molecule has 4 heteroatoms. The van der Waals surface area contributed by atoms with E-state index in [1.807, 2.05) is 12.1 Å². The van der Waals surface area contributed by atoms with E-state index in [1.165, 1.54) is 43.8 Å². The number of hydrogen-bond donors (Lipinski definition) is 0. The number of furan rings is 1. The minimum Gasteiger partial charge on any atom is -0.455 e. The molecule has 0 amide bonds. The maximum atomic E-state index is 6.60. The average molecular weight is 678 g/mol. The van der Waals surface area contributed by atoms with Gasteiger partial charge in [0.25, 0.3) is 0 Å². The van der Waals surface area contributed by atoms with Gasteiger partial charge in [-0.2, -0.15) is 0 Å². The number of hydrogen-bond acceptors (Lipinski definition) is 3. The first-order valence-corrected chi connectivity index (χ1v) is 18.3. The van der Waals surface area contributed by atoms with Crippen LogP contribution in [-0.4, -0.2) is 14.5 Å². The summed E-state index contributed by atoms with van der Waals surface area (Å²) >= 11 is 0. The quantitative estimate of drug-likeness (QED) is 0.171. The highest BCUT2D eigenvalue weighted by Gasteiger charge is 2.36. The molecule has 0 radical (unpaired) electrons. The summed E-state index contributed by atoms with van der Waals surface area (Å²) in [6.07, 6.45) is 0. The van der Waals surface area contributed by atoms with Gasteiger partial charge in [0, 0.05) is 43.3 Å². The van der Waals surface area contributed by atoms with Gasteiger partial charge in [0.1, 0.15) is 11.2 Å². The molecule has 0 saturated heterocycles. The van der Waals surface area contributed by atoms with Crippen molar-refractivity contribution in [1.82, 2.24) is 14.5 Å². The fourth-order valence-electron chi connectivity index (χ4n) is 9.30. The van der Waals surface area contributed by atoms with Crippen LogP contribution in [0.3, 0.4) is 0 Å². The van der Waals surface area contributed by atoms with E-state index >= 15 is 0 Å². The Balaban J connectivity index is 1.21. The molecule has 0 bridgehead atoms. The molecule has 11 aromatic rings. The van der Waals surface area contributed by atoms with Crippen molar-refractivity contribution in [2.45, 2.75) is 19.3 Å². The molecule has 0 unspecified atom stereocenters. The van der Waals surface area contributed by atoms with Gasteiger partial charge in [0.15, 0.2) is 0 Å². The monoisotopic (exact) mass is 677 g/mol. The van der Waals surface area contributed by atoms with E-state index in [4.69, 9.17) is 14.4 Å². The van der Waals surface area contributed by atoms with E-state index in [0.717, 1.165) is 65.9 Å². The highest BCUT2D eigenvalue weighted by Crippen LogP contribution is 2.52. The van der Waals surface area contributed by atoms with E-state index in [0.29, 0.717) is 5.95 Å². The van der Waals surface area contributed by atoms with E-state index in [2.05, 4.69) is 158 Å². The van der Waals surface area contributed by atoms with Crippen LogP contribution >= 0.6 is 0 Å². The fraction of sp³-hybridized carbons (Fsp3) is 0.0612. The van der Waals surface area contributed by atoms with Gasteiger partial charge in [-0.05, 0) is 74.8 Å². The summed E-state index contributed by atoms with van der Waals surface area (Å²) in [5.74, 6) is 0.634. The minimum atomic E-state index is -0.0656. The molecule has 3 aromatic heterocycles. The second-order valence-corrected chi connectivity index (χ2v) is 14.9. The van der Waals surface area contributed by atoms with Crippen molar-refractivity contribution in [3.05, 3.63) is 163 Å². The van der Waals surface area contributed by atoms with Gasteiger partial charge in [0.05, 0.1) is 22.2 Å². The van der Waals surface area contributed by atoms with Crippen molar-refractivity contribution >= 4 is 76.2 Å². The van der Waals surface area contributed by atoms with Crippen molar-refractivity contribution in [1.29, 1.82) is 0 Å². The Labute approximate surface area is 304 Å². The van der Waals surface area contributed by atoms with E-state index < -0.39 is 0 Å². The largest absolute Gasteiger partial charge is 0.455 e. The average Bonchev–Trinajstić information content (AvgIpc) is 3.82. The number of fused-ring (bicyclic) bond motifs is 14. The van der Waals surface area contributed by atoms with Crippen molar-refractivity contribution < 1.29 is 4.42 Å². The van der Waals surface area contributed by atoms with Crippen LogP contribution in [0.5, 0.6) is 0 Å². The predicted octanol–water partition coefficient (Wildman–Crippen LogP) is 12.9. The molecular formula is C49H31N3O. The molecule has 12 rings (SSSR count). The minimum absolute atomic E-state index is 0.0656. The zero-order valence-electron chi connectivity index (χ0n) is 29.2. The van der Waals surface area contributed by atoms with Crippen molar-refractivity contribution in [2.24, 2.45) is 0 Å². The van der Waals surface area contributed by atoms with Gasteiger partial charge in [0.2, 0.25) is 5.95 Å². The van der Waals surface area contributed by atoms with Gasteiger partial charge < -0.3 is 4.42 Å². The zero-order valence-corrected chi connectivity index (χ0v) is 29.2. The molecule has 53 heavy (non-hydrogen) atoms. The van der Waals surface area contributed by atoms with Crippen LogP contribution in [0, 0.1) is 0 Å². The van der Waals surface area contributed by atoms with Gasteiger partial charge in [-0.25, -0.2) is 9.97 Å². The van der Waals surface area contributed by atoms with E-state index in [9.17, 15) is 0 Å². The number of benzene rings is 8. The van der Waals surface area contributed by atoms with Crippen LogP contribution in [-0.2, 0) is 5.41 Å². The van der Waals surface area contributed by atoms with E-state index in [1.54, 1.807) is 0 Å². The van der Waals surface area contributed by atoms with Crippen molar-refractivity contribution in [2.75, 3.05) is 0 Å². The van der Waals surface area contributed by atoms with Crippen molar-refractivity contribution in [3.63, 3.8) is 0 Å². The Bertz CT molecular complexity index is 3380. The van der Waals surface area contributed by atoms with Crippen LogP contribution in [0.4, 0.5) is 0 Å². The molecule has 0 atom stereocenters. The smallest absolute Gasteiger partial charge is 0.235 e. The summed E-state index contributed by atoms with van der Waals surface area (Å²) in [7, 11) is 0. The van der Waals surface area contributed by atoms with Gasteiger partial charge in [-0.3, -0.25) is 4.57 Å². The highest BCUT2D eigenvalue weighted by molar-refractivity contribution is 6.18. The molecule has 3 heterocycles. The highest BCUT2D eigenvalue weighted by atomic mass is 16.3. The molecule has 0 N–H and O–H groups in total. The van der Waals surface area contributed by atoms with Crippen LogP contribution in [0.25, 0.3) is 105 Å². The van der Waals surface area contributed by atoms with Crippen LogP contribution in [0.1, 0.15) is 25.0 Å². The van der Waals surface area contributed by atoms with Crippen LogP contribution in [0.2, 0.25) is 0 Å². The Morgan fingerprint density at radius 3 is 2.15 bits per heavy atom. The lowest BCUT2D eigenvalue weighted by molar-refractivity contribution is 0.661. The van der Waals surface area contributed by atoms with Gasteiger partial charge in [-0.15, -0.1) is 0 Å². The second kappa shape index (κ2) is 10.2. The zero-order chi connectivity index (χ0) is 35.0. The molecular weight excluding hydrogens is 647 g/mol. The number of nitrogens with zero attached hydrogens (tertiary/aromatic N) is 3. The van der Waals surface area contributed by atoms with Crippen LogP contribution < -0.4 is 0 Å². The molecule has 1 aliphatic carbocycles. The normalized spacial score (nSPS) is 13.6. The molecule has 0 saturated carbocycles. The first-order chi connectivity index (χ1) is 26.0. The fourth-order valence-corrected chi connectivity index (χ4v) is 9.30. The Hall–Kier alpha value is -6.78. The lowest BCUT2D eigenvalue weighted by Crippen LogP contribution is -2.14. The maximum Gasteiger partial charge on any atom is 0.235 e. The molecule has 0 spiro atoms. The third-order valence-electron chi connectivity index (χ3n) is 11.8. The van der Waals surface area contributed by atoms with Crippen LogP contribution in [0.15, 0.2) is 156 Å². The SMILES string of the molecule is CC1(C)c2ccccc2-c2c1ccc1cc3c(cc21)c1ccccc1n3-c1nc(-c2cccc3c2oc2ccccc23)c2ccc3ccccc3c2n1. The van der Waals surface area contributed by atoms with E-state index in [-0.39, 0.29) is 5.41 Å². The summed E-state index contributed by atoms with van der Waals surface area (Å²) in [5, 5.41) is 10.2. The predicted molar refractivity (Wildman–Crippen MR) is 219 cm³/mol. The number of para-hydroxylation sites is 3. The number of rotatable bonds is 2. The molecule has 4 nitrogen and oxygen atoms in total. The van der Waals surface area contributed by atoms with Gasteiger partial charge in [-0.1, -0.05) is 129 Å². The topological polar surface area (TPSA) is 43.9 Å². The molecule has 0 fully saturated rings. The Morgan fingerprint density at radius 2 is 1.23 bits per heavy atom. The summed E-state index contributed by atoms with van der Waals surface area (Å²) in [6, 6.07) is 54.4. The molecule has 248 valence electrons. The Morgan fingerprint density at radius 1 is 0.491 bits per heavy atom. The molecule has 1 aliphatic rings. The molecule has 0 aliphatic heterocycles. The summed E-state index contributed by atoms with van der Waals surface area (Å²) in [5.41, 5.74) is 11.9. The third-order valence-corrected chi connectivity index (χ3v) is 11.8. The summed E-state index contributed by atoms with van der Waals surface area (Å²) < 4.78 is 8.87. The molecule has 8 aromatic carbocycles. The first kappa shape index (κ1) is 28.9.